The fourth-order valence-corrected chi connectivity index (χ4v) is 3.41. The maximum absolute atomic E-state index is 12.2. The summed E-state index contributed by atoms with van der Waals surface area (Å²) in [7, 11) is 1.72. The van der Waals surface area contributed by atoms with Crippen LogP contribution in [0.3, 0.4) is 0 Å². The van der Waals surface area contributed by atoms with Crippen molar-refractivity contribution in [3.8, 4) is 0 Å². The van der Waals surface area contributed by atoms with Gasteiger partial charge in [0.25, 0.3) is 5.56 Å². The molecule has 3 rings (SSSR count). The molecule has 0 saturated carbocycles. The Morgan fingerprint density at radius 2 is 2.24 bits per heavy atom. The molecule has 0 aliphatic rings. The van der Waals surface area contributed by atoms with Crippen LogP contribution < -0.4 is 5.56 Å². The number of fused-ring (bicyclic) bond motifs is 1. The van der Waals surface area contributed by atoms with Crippen LogP contribution in [0.25, 0.3) is 10.2 Å². The van der Waals surface area contributed by atoms with Crippen LogP contribution in [-0.4, -0.2) is 19.7 Å². The van der Waals surface area contributed by atoms with E-state index >= 15 is 0 Å². The Labute approximate surface area is 129 Å². The molecule has 0 fully saturated rings. The summed E-state index contributed by atoms with van der Waals surface area (Å²) in [5.74, 6) is 1.97. The highest BCUT2D eigenvalue weighted by Crippen LogP contribution is 2.23. The highest BCUT2D eigenvalue weighted by Gasteiger charge is 2.13. The Balaban J connectivity index is 1.84. The standard InChI is InChI=1S/C13H14N4O2S2/c1-7(2)10-14-9(19-16-10)6-21-13-15-11-8(4-5-20-11)12(18)17(13)3/h4-5,7H,6H2,1-3H3. The van der Waals surface area contributed by atoms with Gasteiger partial charge in [-0.15, -0.1) is 11.3 Å². The normalized spacial score (nSPS) is 11.6. The van der Waals surface area contributed by atoms with Gasteiger partial charge in [0.2, 0.25) is 5.89 Å². The predicted octanol–water partition coefficient (Wildman–Crippen LogP) is 2.79. The van der Waals surface area contributed by atoms with Crippen LogP contribution in [0, 0.1) is 0 Å². The molecule has 3 aromatic heterocycles. The summed E-state index contributed by atoms with van der Waals surface area (Å²) in [5.41, 5.74) is -0.0304. The number of thiophene rings is 1. The molecule has 0 bridgehead atoms. The Kier molecular flexibility index (Phi) is 3.81. The summed E-state index contributed by atoms with van der Waals surface area (Å²) in [4.78, 5) is 21.8. The van der Waals surface area contributed by atoms with Gasteiger partial charge in [0.1, 0.15) is 4.83 Å². The second kappa shape index (κ2) is 5.61. The highest BCUT2D eigenvalue weighted by atomic mass is 32.2. The zero-order valence-corrected chi connectivity index (χ0v) is 13.5. The van der Waals surface area contributed by atoms with Gasteiger partial charge < -0.3 is 4.52 Å². The number of hydrogen-bond acceptors (Lipinski definition) is 7. The van der Waals surface area contributed by atoms with Crippen molar-refractivity contribution in [3.05, 3.63) is 33.5 Å². The van der Waals surface area contributed by atoms with Crippen molar-refractivity contribution in [1.29, 1.82) is 0 Å². The molecule has 6 nitrogen and oxygen atoms in total. The molecule has 0 radical (unpaired) electrons. The molecule has 0 spiro atoms. The third-order valence-electron chi connectivity index (χ3n) is 2.99. The molecule has 0 unspecified atom stereocenters. The average molecular weight is 322 g/mol. The van der Waals surface area contributed by atoms with Crippen molar-refractivity contribution in [1.82, 2.24) is 19.7 Å². The van der Waals surface area contributed by atoms with Crippen LogP contribution >= 0.6 is 23.1 Å². The number of aromatic nitrogens is 4. The van der Waals surface area contributed by atoms with Crippen LogP contribution in [0.5, 0.6) is 0 Å². The molecule has 0 aliphatic heterocycles. The maximum Gasteiger partial charge on any atom is 0.262 e. The molecule has 0 atom stereocenters. The van der Waals surface area contributed by atoms with Gasteiger partial charge in [-0.25, -0.2) is 4.98 Å². The molecule has 110 valence electrons. The van der Waals surface area contributed by atoms with Crippen molar-refractivity contribution in [3.63, 3.8) is 0 Å². The van der Waals surface area contributed by atoms with Crippen molar-refractivity contribution in [2.45, 2.75) is 30.7 Å². The maximum atomic E-state index is 12.2. The molecule has 0 aliphatic carbocycles. The van der Waals surface area contributed by atoms with Crippen LogP contribution in [-0.2, 0) is 12.8 Å². The smallest absolute Gasteiger partial charge is 0.262 e. The van der Waals surface area contributed by atoms with Crippen LogP contribution in [0.4, 0.5) is 0 Å². The van der Waals surface area contributed by atoms with Crippen LogP contribution in [0.1, 0.15) is 31.5 Å². The summed E-state index contributed by atoms with van der Waals surface area (Å²) < 4.78 is 6.75. The molecule has 3 aromatic rings. The summed E-state index contributed by atoms with van der Waals surface area (Å²) in [6.07, 6.45) is 0. The largest absolute Gasteiger partial charge is 0.338 e. The van der Waals surface area contributed by atoms with E-state index in [9.17, 15) is 4.79 Å². The van der Waals surface area contributed by atoms with E-state index in [-0.39, 0.29) is 11.5 Å². The quantitative estimate of drug-likeness (QED) is 0.543. The van der Waals surface area contributed by atoms with Crippen molar-refractivity contribution in [2.75, 3.05) is 0 Å². The third kappa shape index (κ3) is 2.73. The predicted molar refractivity (Wildman–Crippen MR) is 82.8 cm³/mol. The molecule has 0 amide bonds. The van der Waals surface area contributed by atoms with E-state index in [0.29, 0.717) is 28.0 Å². The van der Waals surface area contributed by atoms with E-state index in [2.05, 4.69) is 15.1 Å². The molecule has 0 aromatic carbocycles. The van der Waals surface area contributed by atoms with Crippen molar-refractivity contribution >= 4 is 33.3 Å². The van der Waals surface area contributed by atoms with Crippen LogP contribution in [0.15, 0.2) is 25.9 Å². The number of rotatable bonds is 4. The van der Waals surface area contributed by atoms with E-state index < -0.39 is 0 Å². The molecular formula is C13H14N4O2S2. The first-order valence-electron chi connectivity index (χ1n) is 6.45. The minimum absolute atomic E-state index is 0.0304. The molecular weight excluding hydrogens is 308 g/mol. The lowest BCUT2D eigenvalue weighted by Gasteiger charge is -2.05. The lowest BCUT2D eigenvalue weighted by Crippen LogP contribution is -2.19. The minimum atomic E-state index is -0.0304. The van der Waals surface area contributed by atoms with Gasteiger partial charge in [0.05, 0.1) is 11.1 Å². The van der Waals surface area contributed by atoms with Gasteiger partial charge in [-0.1, -0.05) is 30.8 Å². The van der Waals surface area contributed by atoms with Crippen molar-refractivity contribution < 1.29 is 4.52 Å². The van der Waals surface area contributed by atoms with E-state index in [1.165, 1.54) is 23.1 Å². The lowest BCUT2D eigenvalue weighted by atomic mass is 10.2. The summed E-state index contributed by atoms with van der Waals surface area (Å²) in [6.45, 7) is 4.02. The molecule has 3 heterocycles. The summed E-state index contributed by atoms with van der Waals surface area (Å²) >= 11 is 2.88. The van der Waals surface area contributed by atoms with Gasteiger partial charge >= 0.3 is 0 Å². The minimum Gasteiger partial charge on any atom is -0.338 e. The van der Waals surface area contributed by atoms with Crippen molar-refractivity contribution in [2.24, 2.45) is 7.05 Å². The summed E-state index contributed by atoms with van der Waals surface area (Å²) in [6, 6.07) is 1.80. The monoisotopic (exact) mass is 322 g/mol. The third-order valence-corrected chi connectivity index (χ3v) is 4.81. The Hall–Kier alpha value is -1.67. The number of thioether (sulfide) groups is 1. The van der Waals surface area contributed by atoms with Gasteiger partial charge in [-0.2, -0.15) is 4.98 Å². The number of nitrogens with zero attached hydrogens (tertiary/aromatic N) is 4. The molecule has 21 heavy (non-hydrogen) atoms. The zero-order chi connectivity index (χ0) is 15.0. The topological polar surface area (TPSA) is 73.8 Å². The fourth-order valence-electron chi connectivity index (χ4n) is 1.80. The van der Waals surface area contributed by atoms with Gasteiger partial charge in [-0.05, 0) is 11.4 Å². The average Bonchev–Trinajstić information content (AvgIpc) is 3.10. The van der Waals surface area contributed by atoms with E-state index in [1.54, 1.807) is 17.7 Å². The Bertz CT molecular complexity index is 834. The molecule has 0 N–H and O–H groups in total. The highest BCUT2D eigenvalue weighted by molar-refractivity contribution is 7.98. The SMILES string of the molecule is CC(C)c1noc(CSc2nc3sccc3c(=O)n2C)n1. The van der Waals surface area contributed by atoms with E-state index in [4.69, 9.17) is 4.52 Å². The zero-order valence-electron chi connectivity index (χ0n) is 11.9. The van der Waals surface area contributed by atoms with Gasteiger partial charge in [0.15, 0.2) is 11.0 Å². The van der Waals surface area contributed by atoms with Gasteiger partial charge in [0, 0.05) is 13.0 Å². The Morgan fingerprint density at radius 1 is 1.43 bits per heavy atom. The Morgan fingerprint density at radius 3 is 2.95 bits per heavy atom. The van der Waals surface area contributed by atoms with E-state index in [0.717, 1.165) is 4.83 Å². The van der Waals surface area contributed by atoms with Crippen LogP contribution in [0.2, 0.25) is 0 Å². The summed E-state index contributed by atoms with van der Waals surface area (Å²) in [5, 5.41) is 7.11. The first kappa shape index (κ1) is 14.3. The molecule has 8 heteroatoms. The first-order chi connectivity index (χ1) is 10.1. The second-order valence-corrected chi connectivity index (χ2v) is 6.72. The van der Waals surface area contributed by atoms with Gasteiger partial charge in [-0.3, -0.25) is 9.36 Å². The number of hydrogen-bond donors (Lipinski definition) is 0. The first-order valence-corrected chi connectivity index (χ1v) is 8.32. The van der Waals surface area contributed by atoms with E-state index in [1.807, 2.05) is 19.2 Å². The second-order valence-electron chi connectivity index (χ2n) is 4.89. The fraction of sp³-hybridized carbons (Fsp3) is 0.385. The molecule has 0 saturated heterocycles. The lowest BCUT2D eigenvalue weighted by molar-refractivity contribution is 0.382.